The van der Waals surface area contributed by atoms with Crippen LogP contribution >= 0.6 is 0 Å². The van der Waals surface area contributed by atoms with E-state index in [0.29, 0.717) is 0 Å². The number of carbonyl (C=O) groups excluding carboxylic acids is 2. The monoisotopic (exact) mass is 264 g/mol. The molecule has 1 fully saturated rings. The molecule has 1 aliphatic heterocycles. The number of primary amides is 1. The molecule has 1 unspecified atom stereocenters. The quantitative estimate of drug-likeness (QED) is 0.705. The van der Waals surface area contributed by atoms with Crippen molar-refractivity contribution in [3.8, 4) is 5.75 Å². The molecule has 1 aromatic carbocycles. The van der Waals surface area contributed by atoms with Crippen molar-refractivity contribution in [2.75, 3.05) is 11.4 Å². The van der Waals surface area contributed by atoms with Gasteiger partial charge in [-0.3, -0.25) is 9.59 Å². The van der Waals surface area contributed by atoms with Crippen LogP contribution in [0.15, 0.2) is 18.2 Å². The van der Waals surface area contributed by atoms with Crippen molar-refractivity contribution in [1.29, 1.82) is 0 Å². The van der Waals surface area contributed by atoms with Crippen molar-refractivity contribution in [3.05, 3.63) is 23.8 Å². The molecule has 2 rings (SSSR count). The second kappa shape index (κ2) is 4.60. The molecule has 7 heteroatoms. The van der Waals surface area contributed by atoms with Crippen molar-refractivity contribution >= 4 is 23.5 Å². The number of carboxylic acid groups (broad SMARTS) is 1. The molecule has 0 radical (unpaired) electrons. The number of hydrogen-bond donors (Lipinski definition) is 3. The summed E-state index contributed by atoms with van der Waals surface area (Å²) in [7, 11) is 0. The number of anilines is 1. The Morgan fingerprint density at radius 3 is 2.53 bits per heavy atom. The largest absolute Gasteiger partial charge is 0.508 e. The van der Waals surface area contributed by atoms with E-state index < -0.39 is 17.8 Å². The van der Waals surface area contributed by atoms with Gasteiger partial charge in [-0.25, -0.2) is 4.79 Å². The highest BCUT2D eigenvalue weighted by molar-refractivity contribution is 6.01. The number of carbonyl (C=O) groups is 3. The predicted molar refractivity (Wildman–Crippen MR) is 64.7 cm³/mol. The van der Waals surface area contributed by atoms with Gasteiger partial charge in [0, 0.05) is 24.7 Å². The Morgan fingerprint density at radius 1 is 1.32 bits per heavy atom. The minimum Gasteiger partial charge on any atom is -0.508 e. The van der Waals surface area contributed by atoms with Gasteiger partial charge in [-0.05, 0) is 12.1 Å². The Hall–Kier alpha value is -2.57. The van der Waals surface area contributed by atoms with Crippen molar-refractivity contribution in [2.24, 2.45) is 11.7 Å². The number of aromatic carboxylic acids is 1. The average molecular weight is 264 g/mol. The van der Waals surface area contributed by atoms with E-state index in [-0.39, 0.29) is 35.9 Å². The van der Waals surface area contributed by atoms with Crippen LogP contribution in [0.3, 0.4) is 0 Å². The molecule has 0 bridgehead atoms. The summed E-state index contributed by atoms with van der Waals surface area (Å²) in [6.45, 7) is 0.0939. The van der Waals surface area contributed by atoms with Crippen LogP contribution < -0.4 is 10.6 Å². The molecule has 1 atom stereocenters. The van der Waals surface area contributed by atoms with Crippen molar-refractivity contribution in [3.63, 3.8) is 0 Å². The van der Waals surface area contributed by atoms with Gasteiger partial charge in [-0.2, -0.15) is 0 Å². The minimum atomic E-state index is -1.21. The molecule has 7 nitrogen and oxygen atoms in total. The zero-order valence-electron chi connectivity index (χ0n) is 9.87. The first-order chi connectivity index (χ1) is 8.88. The van der Waals surface area contributed by atoms with Crippen LogP contribution in [0, 0.1) is 5.92 Å². The summed E-state index contributed by atoms with van der Waals surface area (Å²) in [5.41, 5.74) is 5.25. The Morgan fingerprint density at radius 2 is 2.00 bits per heavy atom. The Labute approximate surface area is 108 Å². The maximum absolute atomic E-state index is 11.8. The second-order valence-corrected chi connectivity index (χ2v) is 4.35. The standard InChI is InChI=1S/C12H12N2O5/c13-11(17)7-3-10(16)14(5-7)8-1-6(12(18)19)2-9(15)4-8/h1-2,4,7,15H,3,5H2,(H2,13,17)(H,18,19). The zero-order valence-corrected chi connectivity index (χ0v) is 9.87. The average Bonchev–Trinajstić information content (AvgIpc) is 2.70. The summed E-state index contributed by atoms with van der Waals surface area (Å²) in [6.07, 6.45) is -0.00655. The van der Waals surface area contributed by atoms with Gasteiger partial charge in [0.25, 0.3) is 0 Å². The number of rotatable bonds is 3. The molecule has 0 saturated carbocycles. The number of aromatic hydroxyl groups is 1. The molecule has 19 heavy (non-hydrogen) atoms. The lowest BCUT2D eigenvalue weighted by atomic mass is 10.1. The molecule has 4 N–H and O–H groups in total. The van der Waals surface area contributed by atoms with E-state index >= 15 is 0 Å². The Balaban J connectivity index is 2.34. The van der Waals surface area contributed by atoms with Gasteiger partial charge in [0.15, 0.2) is 0 Å². The zero-order chi connectivity index (χ0) is 14.2. The molecule has 0 aromatic heterocycles. The van der Waals surface area contributed by atoms with Crippen LogP contribution in [0.2, 0.25) is 0 Å². The first-order valence-corrected chi connectivity index (χ1v) is 5.55. The van der Waals surface area contributed by atoms with Gasteiger partial charge in [0.2, 0.25) is 11.8 Å². The fourth-order valence-corrected chi connectivity index (χ4v) is 2.02. The minimum absolute atomic E-state index is 0.00655. The molecule has 1 heterocycles. The molecule has 100 valence electrons. The highest BCUT2D eigenvalue weighted by Crippen LogP contribution is 2.29. The van der Waals surface area contributed by atoms with Crippen LogP contribution in [0.5, 0.6) is 5.75 Å². The van der Waals surface area contributed by atoms with Crippen LogP contribution in [0.25, 0.3) is 0 Å². The molecular weight excluding hydrogens is 252 g/mol. The lowest BCUT2D eigenvalue weighted by Crippen LogP contribution is -2.28. The summed E-state index contributed by atoms with van der Waals surface area (Å²) in [5.74, 6) is -2.97. The predicted octanol–water partition coefficient (Wildman–Crippen LogP) is -0.0714. The van der Waals surface area contributed by atoms with Crippen LogP contribution in [0.1, 0.15) is 16.8 Å². The summed E-state index contributed by atoms with van der Waals surface area (Å²) in [6, 6.07) is 3.62. The van der Waals surface area contributed by atoms with E-state index in [4.69, 9.17) is 10.8 Å². The van der Waals surface area contributed by atoms with E-state index in [9.17, 15) is 19.5 Å². The smallest absolute Gasteiger partial charge is 0.335 e. The third-order valence-electron chi connectivity index (χ3n) is 2.99. The number of amides is 2. The van der Waals surface area contributed by atoms with E-state index in [1.54, 1.807) is 0 Å². The summed E-state index contributed by atoms with van der Waals surface area (Å²) in [5, 5.41) is 18.4. The number of carboxylic acids is 1. The van der Waals surface area contributed by atoms with Crippen molar-refractivity contribution < 1.29 is 24.6 Å². The fraction of sp³-hybridized carbons (Fsp3) is 0.250. The van der Waals surface area contributed by atoms with Gasteiger partial charge >= 0.3 is 5.97 Å². The number of nitrogens with zero attached hydrogens (tertiary/aromatic N) is 1. The molecule has 1 aliphatic rings. The third-order valence-corrected chi connectivity index (χ3v) is 2.99. The van der Waals surface area contributed by atoms with E-state index in [2.05, 4.69) is 0 Å². The van der Waals surface area contributed by atoms with E-state index in [1.165, 1.54) is 17.0 Å². The topological polar surface area (TPSA) is 121 Å². The lowest BCUT2D eigenvalue weighted by molar-refractivity contribution is -0.123. The lowest BCUT2D eigenvalue weighted by Gasteiger charge is -2.17. The summed E-state index contributed by atoms with van der Waals surface area (Å²) >= 11 is 0. The number of benzene rings is 1. The molecule has 2 amide bonds. The van der Waals surface area contributed by atoms with Gasteiger partial charge in [0.1, 0.15) is 5.75 Å². The first-order valence-electron chi connectivity index (χ1n) is 5.55. The van der Waals surface area contributed by atoms with Crippen LogP contribution in [-0.4, -0.2) is 34.5 Å². The molecule has 0 aliphatic carbocycles. The summed E-state index contributed by atoms with van der Waals surface area (Å²) in [4.78, 5) is 35.0. The highest BCUT2D eigenvalue weighted by Gasteiger charge is 2.34. The normalized spacial score (nSPS) is 18.6. The maximum Gasteiger partial charge on any atom is 0.335 e. The van der Waals surface area contributed by atoms with Crippen molar-refractivity contribution in [1.82, 2.24) is 0 Å². The van der Waals surface area contributed by atoms with Gasteiger partial charge < -0.3 is 20.8 Å². The van der Waals surface area contributed by atoms with Gasteiger partial charge in [-0.15, -0.1) is 0 Å². The molecular formula is C12H12N2O5. The van der Waals surface area contributed by atoms with Gasteiger partial charge in [-0.1, -0.05) is 0 Å². The van der Waals surface area contributed by atoms with Gasteiger partial charge in [0.05, 0.1) is 11.5 Å². The first kappa shape index (κ1) is 12.9. The van der Waals surface area contributed by atoms with Crippen LogP contribution in [0.4, 0.5) is 5.69 Å². The maximum atomic E-state index is 11.8. The highest BCUT2D eigenvalue weighted by atomic mass is 16.4. The van der Waals surface area contributed by atoms with E-state index in [0.717, 1.165) is 6.07 Å². The van der Waals surface area contributed by atoms with E-state index in [1.807, 2.05) is 0 Å². The number of phenols is 1. The number of nitrogens with two attached hydrogens (primary N) is 1. The SMILES string of the molecule is NC(=O)C1CC(=O)N(c2cc(O)cc(C(=O)O)c2)C1. The second-order valence-electron chi connectivity index (χ2n) is 4.35. The molecule has 1 aromatic rings. The Bertz CT molecular complexity index is 569. The van der Waals surface area contributed by atoms with Crippen LogP contribution in [-0.2, 0) is 9.59 Å². The Kier molecular flexibility index (Phi) is 3.12. The molecule has 1 saturated heterocycles. The van der Waals surface area contributed by atoms with Crippen molar-refractivity contribution in [2.45, 2.75) is 6.42 Å². The summed E-state index contributed by atoms with van der Waals surface area (Å²) < 4.78 is 0. The number of hydrogen-bond acceptors (Lipinski definition) is 4. The molecule has 0 spiro atoms. The number of phenolic OH excluding ortho intramolecular Hbond substituents is 1. The fourth-order valence-electron chi connectivity index (χ4n) is 2.02. The third kappa shape index (κ3) is 2.49.